The highest BCUT2D eigenvalue weighted by atomic mass is 16.3. The first-order valence-electron chi connectivity index (χ1n) is 6.82. The highest BCUT2D eigenvalue weighted by molar-refractivity contribution is 5.75. The molecule has 1 amide bonds. The number of rotatable bonds is 5. The van der Waals surface area contributed by atoms with E-state index in [0.29, 0.717) is 6.54 Å². The van der Waals surface area contributed by atoms with Crippen molar-refractivity contribution < 1.29 is 9.90 Å². The molecule has 0 heterocycles. The molecule has 0 radical (unpaired) electrons. The highest BCUT2D eigenvalue weighted by Crippen LogP contribution is 2.24. The van der Waals surface area contributed by atoms with Crippen LogP contribution in [0.1, 0.15) is 43.9 Å². The fourth-order valence-electron chi connectivity index (χ4n) is 1.93. The number of hydrogen-bond acceptors (Lipinski definition) is 2. The minimum Gasteiger partial charge on any atom is -0.396 e. The Labute approximate surface area is 116 Å². The third-order valence-electron chi connectivity index (χ3n) is 3.27. The number of benzene rings is 1. The molecular weight excluding hydrogens is 238 g/mol. The SMILES string of the molecule is Cc1ccc(C(C)(C)C)cc1CCNC(=O)CCO. The van der Waals surface area contributed by atoms with Crippen molar-refractivity contribution in [3.8, 4) is 0 Å². The molecule has 0 aliphatic rings. The van der Waals surface area contributed by atoms with Crippen LogP contribution in [0.2, 0.25) is 0 Å². The normalized spacial score (nSPS) is 11.4. The van der Waals surface area contributed by atoms with E-state index in [4.69, 9.17) is 5.11 Å². The van der Waals surface area contributed by atoms with Gasteiger partial charge in [0.05, 0.1) is 6.61 Å². The predicted octanol–water partition coefficient (Wildman–Crippen LogP) is 2.33. The molecule has 0 aliphatic heterocycles. The van der Waals surface area contributed by atoms with Crippen molar-refractivity contribution in [3.63, 3.8) is 0 Å². The van der Waals surface area contributed by atoms with Crippen molar-refractivity contribution in [2.75, 3.05) is 13.2 Å². The Morgan fingerprint density at radius 3 is 2.58 bits per heavy atom. The number of aryl methyl sites for hydroxylation is 1. The van der Waals surface area contributed by atoms with Gasteiger partial charge in [-0.15, -0.1) is 0 Å². The lowest BCUT2D eigenvalue weighted by Crippen LogP contribution is -2.26. The topological polar surface area (TPSA) is 49.3 Å². The zero-order chi connectivity index (χ0) is 14.5. The molecule has 0 saturated carbocycles. The first-order valence-corrected chi connectivity index (χ1v) is 6.82. The third-order valence-corrected chi connectivity index (χ3v) is 3.27. The van der Waals surface area contributed by atoms with E-state index in [2.05, 4.69) is 51.2 Å². The number of carbonyl (C=O) groups excluding carboxylic acids is 1. The molecule has 0 fully saturated rings. The van der Waals surface area contributed by atoms with Crippen molar-refractivity contribution in [2.45, 2.75) is 46.0 Å². The van der Waals surface area contributed by atoms with Gasteiger partial charge in [-0.25, -0.2) is 0 Å². The molecule has 1 aromatic rings. The lowest BCUT2D eigenvalue weighted by molar-refractivity contribution is -0.121. The summed E-state index contributed by atoms with van der Waals surface area (Å²) in [4.78, 5) is 11.3. The second-order valence-electron chi connectivity index (χ2n) is 5.96. The van der Waals surface area contributed by atoms with Gasteiger partial charge in [-0.3, -0.25) is 4.79 Å². The molecule has 3 nitrogen and oxygen atoms in total. The molecule has 0 bridgehead atoms. The van der Waals surface area contributed by atoms with E-state index in [-0.39, 0.29) is 24.3 Å². The average molecular weight is 263 g/mol. The Morgan fingerprint density at radius 2 is 2.00 bits per heavy atom. The summed E-state index contributed by atoms with van der Waals surface area (Å²) in [6.07, 6.45) is 1.01. The highest BCUT2D eigenvalue weighted by Gasteiger charge is 2.14. The van der Waals surface area contributed by atoms with Crippen molar-refractivity contribution in [1.82, 2.24) is 5.32 Å². The molecule has 0 aliphatic carbocycles. The summed E-state index contributed by atoms with van der Waals surface area (Å²) in [5, 5.41) is 11.5. The number of hydrogen-bond donors (Lipinski definition) is 2. The minimum atomic E-state index is -0.0929. The maximum atomic E-state index is 11.3. The molecule has 1 rings (SSSR count). The Morgan fingerprint density at radius 1 is 1.32 bits per heavy atom. The summed E-state index contributed by atoms with van der Waals surface area (Å²) in [5.41, 5.74) is 3.98. The fraction of sp³-hybridized carbons (Fsp3) is 0.562. The van der Waals surface area contributed by atoms with E-state index in [1.54, 1.807) is 0 Å². The minimum absolute atomic E-state index is 0.0906. The summed E-state index contributed by atoms with van der Waals surface area (Å²) < 4.78 is 0. The summed E-state index contributed by atoms with van der Waals surface area (Å²) in [7, 11) is 0. The number of carbonyl (C=O) groups is 1. The van der Waals surface area contributed by atoms with Gasteiger partial charge in [0.25, 0.3) is 0 Å². The van der Waals surface area contributed by atoms with Gasteiger partial charge in [0.15, 0.2) is 0 Å². The molecule has 2 N–H and O–H groups in total. The quantitative estimate of drug-likeness (QED) is 0.856. The number of nitrogens with one attached hydrogen (secondary N) is 1. The van der Waals surface area contributed by atoms with Crippen LogP contribution in [0.3, 0.4) is 0 Å². The molecule has 0 atom stereocenters. The largest absolute Gasteiger partial charge is 0.396 e. The lowest BCUT2D eigenvalue weighted by atomic mass is 9.85. The summed E-state index contributed by atoms with van der Waals surface area (Å²) >= 11 is 0. The van der Waals surface area contributed by atoms with Gasteiger partial charge < -0.3 is 10.4 Å². The van der Waals surface area contributed by atoms with E-state index >= 15 is 0 Å². The Hall–Kier alpha value is -1.35. The number of amides is 1. The second-order valence-corrected chi connectivity index (χ2v) is 5.96. The molecule has 0 aromatic heterocycles. The fourth-order valence-corrected chi connectivity index (χ4v) is 1.93. The predicted molar refractivity (Wildman–Crippen MR) is 78.3 cm³/mol. The first kappa shape index (κ1) is 15.7. The van der Waals surface area contributed by atoms with Crippen LogP contribution in [0, 0.1) is 6.92 Å². The van der Waals surface area contributed by atoms with Crippen LogP contribution < -0.4 is 5.32 Å². The zero-order valence-electron chi connectivity index (χ0n) is 12.4. The zero-order valence-corrected chi connectivity index (χ0v) is 12.4. The number of aliphatic hydroxyl groups is 1. The van der Waals surface area contributed by atoms with Gasteiger partial charge in [0.2, 0.25) is 5.91 Å². The smallest absolute Gasteiger partial charge is 0.222 e. The third kappa shape index (κ3) is 5.03. The van der Waals surface area contributed by atoms with E-state index < -0.39 is 0 Å². The van der Waals surface area contributed by atoms with Gasteiger partial charge >= 0.3 is 0 Å². The average Bonchev–Trinajstić information content (AvgIpc) is 2.30. The lowest BCUT2D eigenvalue weighted by Gasteiger charge is -2.21. The maximum absolute atomic E-state index is 11.3. The second kappa shape index (κ2) is 6.71. The van der Waals surface area contributed by atoms with Crippen LogP contribution >= 0.6 is 0 Å². The Bertz CT molecular complexity index is 433. The van der Waals surface area contributed by atoms with Gasteiger partial charge in [-0.2, -0.15) is 0 Å². The van der Waals surface area contributed by atoms with E-state index in [1.165, 1.54) is 16.7 Å². The van der Waals surface area contributed by atoms with Crippen molar-refractivity contribution in [2.24, 2.45) is 0 Å². The standard InChI is InChI=1S/C16H25NO2/c1-12-5-6-14(16(2,3)4)11-13(12)7-9-17-15(19)8-10-18/h5-6,11,18H,7-10H2,1-4H3,(H,17,19). The molecule has 1 aromatic carbocycles. The maximum Gasteiger partial charge on any atom is 0.222 e. The Balaban J connectivity index is 2.65. The van der Waals surface area contributed by atoms with E-state index in [1.807, 2.05) is 0 Å². The van der Waals surface area contributed by atoms with Crippen molar-refractivity contribution in [1.29, 1.82) is 0 Å². The molecule has 3 heteroatoms. The monoisotopic (exact) mass is 263 g/mol. The summed E-state index contributed by atoms with van der Waals surface area (Å²) in [6, 6.07) is 6.54. The summed E-state index contributed by atoms with van der Waals surface area (Å²) in [5.74, 6) is -0.0906. The van der Waals surface area contributed by atoms with Crippen LogP contribution in [0.4, 0.5) is 0 Å². The molecule has 0 spiro atoms. The molecule has 106 valence electrons. The van der Waals surface area contributed by atoms with Gasteiger partial charge in [0, 0.05) is 13.0 Å². The molecular formula is C16H25NO2. The van der Waals surface area contributed by atoms with Crippen LogP contribution in [0.5, 0.6) is 0 Å². The van der Waals surface area contributed by atoms with Crippen LogP contribution in [0.15, 0.2) is 18.2 Å². The molecule has 0 saturated heterocycles. The Kier molecular flexibility index (Phi) is 5.55. The first-order chi connectivity index (χ1) is 8.84. The van der Waals surface area contributed by atoms with Crippen molar-refractivity contribution >= 4 is 5.91 Å². The summed E-state index contributed by atoms with van der Waals surface area (Å²) in [6.45, 7) is 9.22. The van der Waals surface area contributed by atoms with Gasteiger partial charge in [-0.05, 0) is 35.4 Å². The van der Waals surface area contributed by atoms with Crippen LogP contribution in [-0.4, -0.2) is 24.2 Å². The van der Waals surface area contributed by atoms with Crippen LogP contribution in [0.25, 0.3) is 0 Å². The van der Waals surface area contributed by atoms with Gasteiger partial charge in [0.1, 0.15) is 0 Å². The molecule has 0 unspecified atom stereocenters. The molecule has 19 heavy (non-hydrogen) atoms. The van der Waals surface area contributed by atoms with Crippen LogP contribution in [-0.2, 0) is 16.6 Å². The number of aliphatic hydroxyl groups excluding tert-OH is 1. The van der Waals surface area contributed by atoms with E-state index in [0.717, 1.165) is 6.42 Å². The van der Waals surface area contributed by atoms with Gasteiger partial charge in [-0.1, -0.05) is 39.0 Å². The van der Waals surface area contributed by atoms with E-state index in [9.17, 15) is 4.79 Å². The van der Waals surface area contributed by atoms with Crippen molar-refractivity contribution in [3.05, 3.63) is 34.9 Å².